The summed E-state index contributed by atoms with van der Waals surface area (Å²) in [5.41, 5.74) is -1.76. The molecule has 0 spiro atoms. The first-order chi connectivity index (χ1) is 5.45. The zero-order valence-electron chi connectivity index (χ0n) is 6.67. The molecule has 0 aromatic heterocycles. The lowest BCUT2D eigenvalue weighted by atomic mass is 9.92. The molecule has 0 saturated carbocycles. The van der Waals surface area contributed by atoms with E-state index in [0.29, 0.717) is 6.29 Å². The molecule has 3 atom stereocenters. The van der Waals surface area contributed by atoms with Crippen molar-refractivity contribution in [2.45, 2.75) is 31.2 Å². The Morgan fingerprint density at radius 2 is 1.92 bits per heavy atom. The summed E-state index contributed by atoms with van der Waals surface area (Å²) in [4.78, 5) is 20.0. The second kappa shape index (κ2) is 4.30. The summed E-state index contributed by atoms with van der Waals surface area (Å²) < 4.78 is 0. The summed E-state index contributed by atoms with van der Waals surface area (Å²) in [7, 11) is 0. The average molecular weight is 176 g/mol. The Balaban J connectivity index is 4.31. The van der Waals surface area contributed by atoms with Crippen LogP contribution in [0, 0.1) is 0 Å². The van der Waals surface area contributed by atoms with Crippen LogP contribution in [-0.4, -0.2) is 45.7 Å². The van der Waals surface area contributed by atoms with Gasteiger partial charge >= 0.3 is 0 Å². The minimum atomic E-state index is -1.76. The van der Waals surface area contributed by atoms with Crippen LogP contribution in [0.2, 0.25) is 0 Å². The summed E-state index contributed by atoms with van der Waals surface area (Å²) >= 11 is 0. The van der Waals surface area contributed by atoms with Crippen LogP contribution >= 0.6 is 0 Å². The van der Waals surface area contributed by atoms with Gasteiger partial charge in [-0.2, -0.15) is 0 Å². The van der Waals surface area contributed by atoms with E-state index in [-0.39, 0.29) is 12.7 Å². The molecule has 3 N–H and O–H groups in total. The lowest BCUT2D eigenvalue weighted by Gasteiger charge is -2.28. The minimum Gasteiger partial charge on any atom is -0.387 e. The van der Waals surface area contributed by atoms with E-state index < -0.39 is 17.8 Å². The Morgan fingerprint density at radius 3 is 2.25 bits per heavy atom. The first-order valence-corrected chi connectivity index (χ1v) is 3.43. The lowest BCUT2D eigenvalue weighted by molar-refractivity contribution is -0.143. The fourth-order valence-corrected chi connectivity index (χ4v) is 0.732. The molecule has 12 heavy (non-hydrogen) atoms. The van der Waals surface area contributed by atoms with Gasteiger partial charge in [0.25, 0.3) is 0 Å². The molecule has 0 aromatic rings. The number of hydrogen-bond donors (Lipinski definition) is 3. The number of carbonyl (C=O) groups is 2. The molecule has 0 bridgehead atoms. The number of aliphatic hydroxyl groups excluding tert-OH is 2. The normalized spacial score (nSPS) is 20.7. The highest BCUT2D eigenvalue weighted by atomic mass is 16.4. The van der Waals surface area contributed by atoms with Crippen LogP contribution in [0.1, 0.15) is 13.3 Å². The quantitative estimate of drug-likeness (QED) is 0.432. The predicted molar refractivity (Wildman–Crippen MR) is 39.4 cm³/mol. The van der Waals surface area contributed by atoms with Crippen LogP contribution in [0.15, 0.2) is 0 Å². The van der Waals surface area contributed by atoms with E-state index in [2.05, 4.69) is 0 Å². The molecular weight excluding hydrogens is 164 g/mol. The third-order valence-corrected chi connectivity index (χ3v) is 1.60. The third-order valence-electron chi connectivity index (χ3n) is 1.60. The second-order valence-electron chi connectivity index (χ2n) is 2.80. The van der Waals surface area contributed by atoms with Crippen molar-refractivity contribution in [3.63, 3.8) is 0 Å². The summed E-state index contributed by atoms with van der Waals surface area (Å²) in [5.74, 6) is 0. The highest BCUT2D eigenvalue weighted by Crippen LogP contribution is 2.15. The SMILES string of the molecule is CC(O)(CC=O)C(O)C(O)C=O. The van der Waals surface area contributed by atoms with Crippen molar-refractivity contribution in [2.75, 3.05) is 0 Å². The van der Waals surface area contributed by atoms with E-state index >= 15 is 0 Å². The third kappa shape index (κ3) is 2.69. The highest BCUT2D eigenvalue weighted by Gasteiger charge is 2.34. The van der Waals surface area contributed by atoms with E-state index in [1.807, 2.05) is 0 Å². The Kier molecular flexibility index (Phi) is 4.02. The number of hydrogen-bond acceptors (Lipinski definition) is 5. The van der Waals surface area contributed by atoms with Crippen molar-refractivity contribution < 1.29 is 24.9 Å². The zero-order valence-corrected chi connectivity index (χ0v) is 6.67. The maximum Gasteiger partial charge on any atom is 0.151 e. The maximum absolute atomic E-state index is 9.99. The molecule has 0 aliphatic carbocycles. The van der Waals surface area contributed by atoms with Gasteiger partial charge in [-0.1, -0.05) is 0 Å². The van der Waals surface area contributed by atoms with Crippen molar-refractivity contribution in [3.8, 4) is 0 Å². The lowest BCUT2D eigenvalue weighted by Crippen LogP contribution is -2.47. The van der Waals surface area contributed by atoms with Crippen molar-refractivity contribution in [1.82, 2.24) is 0 Å². The highest BCUT2D eigenvalue weighted by molar-refractivity contribution is 5.58. The van der Waals surface area contributed by atoms with Crippen LogP contribution in [0.25, 0.3) is 0 Å². The molecule has 0 heterocycles. The molecule has 0 aliphatic heterocycles. The van der Waals surface area contributed by atoms with E-state index in [1.165, 1.54) is 6.92 Å². The number of carbonyl (C=O) groups excluding carboxylic acids is 2. The number of aliphatic hydroxyl groups is 3. The van der Waals surface area contributed by atoms with Crippen molar-refractivity contribution in [1.29, 1.82) is 0 Å². The largest absolute Gasteiger partial charge is 0.387 e. The van der Waals surface area contributed by atoms with Crippen molar-refractivity contribution in [3.05, 3.63) is 0 Å². The van der Waals surface area contributed by atoms with Crippen LogP contribution in [-0.2, 0) is 9.59 Å². The average Bonchev–Trinajstić information content (AvgIpc) is 2.01. The summed E-state index contributed by atoms with van der Waals surface area (Å²) in [6.07, 6.45) is -3.14. The van der Waals surface area contributed by atoms with Crippen molar-refractivity contribution in [2.24, 2.45) is 0 Å². The molecule has 0 amide bonds. The van der Waals surface area contributed by atoms with Crippen LogP contribution < -0.4 is 0 Å². The van der Waals surface area contributed by atoms with Crippen LogP contribution in [0.3, 0.4) is 0 Å². The summed E-state index contributed by atoms with van der Waals surface area (Å²) in [6.45, 7) is 1.17. The molecule has 5 nitrogen and oxygen atoms in total. The molecule has 0 saturated heterocycles. The summed E-state index contributed by atoms with van der Waals surface area (Å²) in [6, 6.07) is 0. The molecule has 0 aromatic carbocycles. The minimum absolute atomic E-state index is 0.101. The fraction of sp³-hybridized carbons (Fsp3) is 0.714. The molecule has 70 valence electrons. The van der Waals surface area contributed by atoms with E-state index in [0.717, 1.165) is 0 Å². The van der Waals surface area contributed by atoms with Gasteiger partial charge in [-0.05, 0) is 6.92 Å². The molecule has 0 radical (unpaired) electrons. The summed E-state index contributed by atoms with van der Waals surface area (Å²) in [5, 5.41) is 27.2. The Bertz CT molecular complexity index is 165. The second-order valence-corrected chi connectivity index (χ2v) is 2.80. The molecule has 0 fully saturated rings. The zero-order chi connectivity index (χ0) is 9.78. The van der Waals surface area contributed by atoms with Gasteiger partial charge in [0.05, 0.1) is 5.60 Å². The fourth-order valence-electron chi connectivity index (χ4n) is 0.732. The van der Waals surface area contributed by atoms with Gasteiger partial charge in [-0.3, -0.25) is 0 Å². The first kappa shape index (κ1) is 11.2. The van der Waals surface area contributed by atoms with Gasteiger partial charge in [-0.15, -0.1) is 0 Å². The smallest absolute Gasteiger partial charge is 0.151 e. The molecule has 0 rings (SSSR count). The Morgan fingerprint density at radius 1 is 1.42 bits per heavy atom. The molecular formula is C7H12O5. The topological polar surface area (TPSA) is 94.8 Å². The van der Waals surface area contributed by atoms with E-state index in [1.54, 1.807) is 0 Å². The van der Waals surface area contributed by atoms with Gasteiger partial charge in [0, 0.05) is 6.42 Å². The molecule has 0 aliphatic rings. The molecule has 5 heteroatoms. The van der Waals surface area contributed by atoms with Gasteiger partial charge in [-0.25, -0.2) is 0 Å². The maximum atomic E-state index is 9.99. The molecule has 3 unspecified atom stereocenters. The Hall–Kier alpha value is -0.780. The number of aldehydes is 2. The number of rotatable bonds is 5. The van der Waals surface area contributed by atoms with E-state index in [9.17, 15) is 14.7 Å². The van der Waals surface area contributed by atoms with E-state index in [4.69, 9.17) is 10.2 Å². The van der Waals surface area contributed by atoms with Gasteiger partial charge < -0.3 is 24.9 Å². The predicted octanol–water partition coefficient (Wildman–Crippen LogP) is -1.75. The van der Waals surface area contributed by atoms with Crippen LogP contribution in [0.5, 0.6) is 0 Å². The van der Waals surface area contributed by atoms with Gasteiger partial charge in [0.2, 0.25) is 0 Å². The monoisotopic (exact) mass is 176 g/mol. The Labute approximate surface area is 69.6 Å². The van der Waals surface area contributed by atoms with Gasteiger partial charge in [0.1, 0.15) is 18.5 Å². The van der Waals surface area contributed by atoms with Crippen LogP contribution in [0.4, 0.5) is 0 Å². The van der Waals surface area contributed by atoms with Crippen molar-refractivity contribution >= 4 is 12.6 Å². The van der Waals surface area contributed by atoms with Gasteiger partial charge in [0.15, 0.2) is 6.29 Å². The standard InChI is InChI=1S/C7H12O5/c1-7(12,2-3-8)6(11)5(10)4-9/h3-6,10-12H,2H2,1H3. The first-order valence-electron chi connectivity index (χ1n) is 3.43.